The molecular weight excluding hydrogens is 343 g/mol. The molecule has 0 nitrogen and oxygen atoms in total. The van der Waals surface area contributed by atoms with Gasteiger partial charge in [-0.2, -0.15) is 13.2 Å². The minimum atomic E-state index is -4.43. The first kappa shape index (κ1) is 24.2. The standard InChI is InChI=1S/C22H33B2F3/c1-7-9-10-11-12-21(6,8-2)19(24)18-16(20(3,4)5)13-15(14-17(18)23)22(25,26)27/h13-14,19H,7-12H2,1-6H3. The van der Waals surface area contributed by atoms with Gasteiger partial charge in [-0.1, -0.05) is 90.7 Å². The molecule has 0 saturated heterocycles. The predicted octanol–water partition coefficient (Wildman–Crippen LogP) is 6.39. The van der Waals surface area contributed by atoms with Crippen molar-refractivity contribution in [1.82, 2.24) is 0 Å². The number of hydrogen-bond acceptors (Lipinski definition) is 0. The van der Waals surface area contributed by atoms with Crippen LogP contribution in [0.2, 0.25) is 0 Å². The molecule has 0 heterocycles. The molecule has 0 N–H and O–H groups in total. The Kier molecular flexibility index (Phi) is 8.14. The van der Waals surface area contributed by atoms with E-state index in [0.717, 1.165) is 38.2 Å². The Morgan fingerprint density at radius 3 is 2.00 bits per heavy atom. The molecule has 0 aromatic heterocycles. The summed E-state index contributed by atoms with van der Waals surface area (Å²) in [5, 5.41) is 0. The van der Waals surface area contributed by atoms with Crippen molar-refractivity contribution >= 4 is 21.2 Å². The van der Waals surface area contributed by atoms with Crippen molar-refractivity contribution in [2.45, 2.75) is 97.5 Å². The summed E-state index contributed by atoms with van der Waals surface area (Å²) in [6.45, 7) is 12.1. The summed E-state index contributed by atoms with van der Waals surface area (Å²) in [5.74, 6) is -0.402. The number of halogens is 3. The average Bonchev–Trinajstić information content (AvgIpc) is 2.55. The maximum atomic E-state index is 13.3. The molecular formula is C22H33B2F3. The Balaban J connectivity index is 3.41. The normalized spacial score (nSPS) is 16.2. The van der Waals surface area contributed by atoms with Gasteiger partial charge in [-0.05, 0) is 34.7 Å². The van der Waals surface area contributed by atoms with Crippen LogP contribution in [0.3, 0.4) is 0 Å². The third kappa shape index (κ3) is 6.06. The largest absolute Gasteiger partial charge is 0.416 e. The van der Waals surface area contributed by atoms with Gasteiger partial charge in [0.05, 0.1) is 13.4 Å². The van der Waals surface area contributed by atoms with Gasteiger partial charge >= 0.3 is 6.18 Å². The molecule has 2 unspecified atom stereocenters. The van der Waals surface area contributed by atoms with E-state index in [1.807, 2.05) is 20.8 Å². The lowest BCUT2D eigenvalue weighted by Gasteiger charge is -2.40. The molecule has 148 valence electrons. The van der Waals surface area contributed by atoms with Crippen LogP contribution in [-0.4, -0.2) is 15.7 Å². The fraction of sp³-hybridized carbons (Fsp3) is 0.727. The van der Waals surface area contributed by atoms with Gasteiger partial charge in [0.15, 0.2) is 0 Å². The number of unbranched alkanes of at least 4 members (excludes halogenated alkanes) is 3. The highest BCUT2D eigenvalue weighted by atomic mass is 19.4. The van der Waals surface area contributed by atoms with Crippen LogP contribution in [0.15, 0.2) is 12.1 Å². The maximum absolute atomic E-state index is 13.3. The van der Waals surface area contributed by atoms with Crippen LogP contribution >= 0.6 is 0 Å². The highest BCUT2D eigenvalue weighted by Gasteiger charge is 2.37. The fourth-order valence-electron chi connectivity index (χ4n) is 3.66. The molecule has 1 rings (SSSR count). The van der Waals surface area contributed by atoms with Gasteiger partial charge in [0, 0.05) is 0 Å². The van der Waals surface area contributed by atoms with Crippen LogP contribution < -0.4 is 5.46 Å². The second-order valence-corrected chi connectivity index (χ2v) is 9.07. The van der Waals surface area contributed by atoms with Crippen LogP contribution in [0.1, 0.15) is 103 Å². The summed E-state index contributed by atoms with van der Waals surface area (Å²) in [6, 6.07) is 2.27. The van der Waals surface area contributed by atoms with E-state index in [0.29, 0.717) is 11.1 Å². The summed E-state index contributed by atoms with van der Waals surface area (Å²) >= 11 is 0. The topological polar surface area (TPSA) is 0 Å². The third-order valence-corrected chi connectivity index (χ3v) is 5.82. The molecule has 0 fully saturated rings. The van der Waals surface area contributed by atoms with Crippen LogP contribution in [-0.2, 0) is 11.6 Å². The highest BCUT2D eigenvalue weighted by Crippen LogP contribution is 2.44. The van der Waals surface area contributed by atoms with Gasteiger partial charge in [-0.15, -0.1) is 0 Å². The lowest BCUT2D eigenvalue weighted by atomic mass is 9.56. The molecule has 1 aromatic carbocycles. The second-order valence-electron chi connectivity index (χ2n) is 9.07. The Morgan fingerprint density at radius 2 is 1.56 bits per heavy atom. The summed E-state index contributed by atoms with van der Waals surface area (Å²) in [6.07, 6.45) is 1.92. The van der Waals surface area contributed by atoms with Gasteiger partial charge in [0.2, 0.25) is 0 Å². The monoisotopic (exact) mass is 376 g/mol. The lowest BCUT2D eigenvalue weighted by molar-refractivity contribution is -0.137. The Hall–Kier alpha value is -0.860. The summed E-state index contributed by atoms with van der Waals surface area (Å²) in [5.41, 5.74) is 0.0178. The third-order valence-electron chi connectivity index (χ3n) is 5.82. The molecule has 27 heavy (non-hydrogen) atoms. The van der Waals surface area contributed by atoms with Crippen LogP contribution in [0, 0.1) is 5.41 Å². The average molecular weight is 376 g/mol. The number of hydrogen-bond donors (Lipinski definition) is 0. The zero-order chi connectivity index (χ0) is 21.0. The van der Waals surface area contributed by atoms with Crippen molar-refractivity contribution in [2.75, 3.05) is 0 Å². The molecule has 2 atom stereocenters. The van der Waals surface area contributed by atoms with E-state index in [1.165, 1.54) is 12.5 Å². The SMILES string of the molecule is [B]c1cc(C(F)(F)F)cc(C(C)(C)C)c1C([B])C(C)(CC)CCCCCC. The highest BCUT2D eigenvalue weighted by molar-refractivity contribution is 6.34. The van der Waals surface area contributed by atoms with Gasteiger partial charge < -0.3 is 0 Å². The molecule has 4 radical (unpaired) electrons. The molecule has 1 aromatic rings. The molecule has 0 aliphatic carbocycles. The van der Waals surface area contributed by atoms with E-state index < -0.39 is 23.0 Å². The molecule has 0 bridgehead atoms. The van der Waals surface area contributed by atoms with Gasteiger partial charge in [0.1, 0.15) is 7.85 Å². The van der Waals surface area contributed by atoms with Crippen LogP contribution in [0.5, 0.6) is 0 Å². The van der Waals surface area contributed by atoms with E-state index in [-0.39, 0.29) is 10.9 Å². The Morgan fingerprint density at radius 1 is 0.963 bits per heavy atom. The summed E-state index contributed by atoms with van der Waals surface area (Å²) in [4.78, 5) is 0. The molecule has 0 saturated carbocycles. The van der Waals surface area contributed by atoms with Crippen molar-refractivity contribution in [1.29, 1.82) is 0 Å². The number of alkyl halides is 3. The molecule has 0 spiro atoms. The quantitative estimate of drug-likeness (QED) is 0.364. The first-order valence-electron chi connectivity index (χ1n) is 10.0. The molecule has 5 heteroatoms. The minimum Gasteiger partial charge on any atom is -0.166 e. The predicted molar refractivity (Wildman–Crippen MR) is 111 cm³/mol. The van der Waals surface area contributed by atoms with Crippen LogP contribution in [0.25, 0.3) is 0 Å². The zero-order valence-electron chi connectivity index (χ0n) is 17.8. The molecule has 0 aliphatic rings. The Bertz CT molecular complexity index is 617. The fourth-order valence-corrected chi connectivity index (χ4v) is 3.66. The summed E-state index contributed by atoms with van der Waals surface area (Å²) in [7, 11) is 12.9. The zero-order valence-corrected chi connectivity index (χ0v) is 17.8. The Labute approximate surface area is 166 Å². The number of rotatable bonds is 8. The van der Waals surface area contributed by atoms with E-state index >= 15 is 0 Å². The van der Waals surface area contributed by atoms with Crippen molar-refractivity contribution in [3.05, 3.63) is 28.8 Å². The van der Waals surface area contributed by atoms with Crippen LogP contribution in [0.4, 0.5) is 13.2 Å². The summed E-state index contributed by atoms with van der Waals surface area (Å²) < 4.78 is 40.0. The van der Waals surface area contributed by atoms with E-state index in [1.54, 1.807) is 0 Å². The van der Waals surface area contributed by atoms with Crippen molar-refractivity contribution in [3.8, 4) is 0 Å². The van der Waals surface area contributed by atoms with Gasteiger partial charge in [-0.25, -0.2) is 0 Å². The van der Waals surface area contributed by atoms with E-state index in [2.05, 4.69) is 20.8 Å². The van der Waals surface area contributed by atoms with Crippen molar-refractivity contribution in [3.63, 3.8) is 0 Å². The number of benzene rings is 1. The molecule has 0 aliphatic heterocycles. The maximum Gasteiger partial charge on any atom is 0.416 e. The molecule has 0 amide bonds. The van der Waals surface area contributed by atoms with Crippen molar-refractivity contribution < 1.29 is 13.2 Å². The van der Waals surface area contributed by atoms with E-state index in [4.69, 9.17) is 15.7 Å². The second kappa shape index (κ2) is 9.09. The lowest BCUT2D eigenvalue weighted by Crippen LogP contribution is -2.34. The van der Waals surface area contributed by atoms with Gasteiger partial charge in [0.25, 0.3) is 0 Å². The van der Waals surface area contributed by atoms with Gasteiger partial charge in [-0.3, -0.25) is 0 Å². The smallest absolute Gasteiger partial charge is 0.166 e. The minimum absolute atomic E-state index is 0.149. The first-order chi connectivity index (χ1) is 12.3. The van der Waals surface area contributed by atoms with E-state index in [9.17, 15) is 13.2 Å². The van der Waals surface area contributed by atoms with Crippen molar-refractivity contribution in [2.24, 2.45) is 5.41 Å². The first-order valence-corrected chi connectivity index (χ1v) is 10.0.